The fraction of sp³-hybridized carbons (Fsp3) is 0.273. The summed E-state index contributed by atoms with van der Waals surface area (Å²) >= 11 is 0. The first-order chi connectivity index (χ1) is 8.65. The summed E-state index contributed by atoms with van der Waals surface area (Å²) in [6.45, 7) is 2.32. The fourth-order valence-electron chi connectivity index (χ4n) is 1.38. The second-order valence-corrected chi connectivity index (χ2v) is 3.80. The number of amides is 1. The smallest absolute Gasteiger partial charge is 0.240 e. The molecule has 0 saturated carbocycles. The molecule has 0 aromatic carbocycles. The monoisotopic (exact) mass is 247 g/mol. The van der Waals surface area contributed by atoms with Gasteiger partial charge >= 0.3 is 0 Å². The minimum atomic E-state index is -0.435. The molecule has 2 rings (SSSR count). The maximum atomic E-state index is 10.5. The molecule has 3 N–H and O–H groups in total. The molecule has 0 aliphatic carbocycles. The van der Waals surface area contributed by atoms with Gasteiger partial charge in [-0.2, -0.15) is 4.98 Å². The van der Waals surface area contributed by atoms with Crippen LogP contribution in [0.15, 0.2) is 22.9 Å². The lowest BCUT2D eigenvalue weighted by Crippen LogP contribution is -2.28. The Labute approximate surface area is 103 Å². The Hall–Kier alpha value is -2.28. The number of hydrogen-bond donors (Lipinski definition) is 2. The molecule has 18 heavy (non-hydrogen) atoms. The molecule has 0 fully saturated rings. The van der Waals surface area contributed by atoms with Crippen molar-refractivity contribution in [2.75, 3.05) is 6.54 Å². The van der Waals surface area contributed by atoms with Crippen LogP contribution in [0.1, 0.15) is 11.5 Å². The molecule has 0 spiro atoms. The molecule has 7 nitrogen and oxygen atoms in total. The summed E-state index contributed by atoms with van der Waals surface area (Å²) < 4.78 is 5.03. The van der Waals surface area contributed by atoms with Gasteiger partial charge in [-0.3, -0.25) is 15.1 Å². The third-order valence-corrected chi connectivity index (χ3v) is 2.19. The van der Waals surface area contributed by atoms with E-state index in [2.05, 4.69) is 20.4 Å². The summed E-state index contributed by atoms with van der Waals surface area (Å²) in [5.41, 5.74) is 6.71. The molecule has 7 heteroatoms. The van der Waals surface area contributed by atoms with Crippen molar-refractivity contribution in [3.63, 3.8) is 0 Å². The van der Waals surface area contributed by atoms with Crippen LogP contribution in [0.5, 0.6) is 0 Å². The molecule has 2 aromatic rings. The fourth-order valence-corrected chi connectivity index (χ4v) is 1.38. The van der Waals surface area contributed by atoms with Crippen molar-refractivity contribution in [1.29, 1.82) is 0 Å². The predicted molar refractivity (Wildman–Crippen MR) is 63.2 cm³/mol. The Bertz CT molecular complexity index is 552. The van der Waals surface area contributed by atoms with E-state index in [1.165, 1.54) is 0 Å². The molecule has 94 valence electrons. The lowest BCUT2D eigenvalue weighted by atomic mass is 10.2. The number of aromatic nitrogens is 3. The van der Waals surface area contributed by atoms with Crippen molar-refractivity contribution in [3.8, 4) is 11.5 Å². The first-order valence-corrected chi connectivity index (χ1v) is 5.40. The first-order valence-electron chi connectivity index (χ1n) is 5.40. The van der Waals surface area contributed by atoms with Crippen molar-refractivity contribution in [3.05, 3.63) is 29.8 Å². The van der Waals surface area contributed by atoms with Crippen molar-refractivity contribution in [2.45, 2.75) is 13.5 Å². The summed E-state index contributed by atoms with van der Waals surface area (Å²) in [7, 11) is 0. The number of primary amides is 1. The highest BCUT2D eigenvalue weighted by Gasteiger charge is 2.09. The highest BCUT2D eigenvalue weighted by atomic mass is 16.5. The lowest BCUT2D eigenvalue weighted by Gasteiger charge is -1.96. The number of carbonyl (C=O) groups is 1. The SMILES string of the molecule is Cc1ccnc(-c2noc(CNCC(N)=O)n2)c1. The molecule has 2 heterocycles. The van der Waals surface area contributed by atoms with Gasteiger partial charge in [-0.25, -0.2) is 0 Å². The lowest BCUT2D eigenvalue weighted by molar-refractivity contribution is -0.117. The Morgan fingerprint density at radius 1 is 1.56 bits per heavy atom. The zero-order valence-electron chi connectivity index (χ0n) is 9.88. The standard InChI is InChI=1S/C11H13N5O2/c1-7-2-3-14-8(4-7)11-15-10(18-16-11)6-13-5-9(12)17/h2-4,13H,5-6H2,1H3,(H2,12,17). The number of carbonyl (C=O) groups excluding carboxylic acids is 1. The summed E-state index contributed by atoms with van der Waals surface area (Å²) in [5.74, 6) is 0.374. The van der Waals surface area contributed by atoms with Gasteiger partial charge in [-0.15, -0.1) is 0 Å². The van der Waals surface area contributed by atoms with Crippen molar-refractivity contribution in [1.82, 2.24) is 20.4 Å². The van der Waals surface area contributed by atoms with Crippen LogP contribution in [-0.2, 0) is 11.3 Å². The predicted octanol–water partition coefficient (Wildman–Crippen LogP) is 0.0149. The summed E-state index contributed by atoms with van der Waals surface area (Å²) in [6.07, 6.45) is 1.69. The van der Waals surface area contributed by atoms with Crippen LogP contribution in [0.2, 0.25) is 0 Å². The molecule has 0 aliphatic rings. The summed E-state index contributed by atoms with van der Waals surface area (Å²) in [4.78, 5) is 18.9. The van der Waals surface area contributed by atoms with E-state index < -0.39 is 5.91 Å². The topological polar surface area (TPSA) is 107 Å². The number of nitrogens with zero attached hydrogens (tertiary/aromatic N) is 3. The van der Waals surface area contributed by atoms with Gasteiger partial charge in [-0.05, 0) is 24.6 Å². The second kappa shape index (κ2) is 5.37. The van der Waals surface area contributed by atoms with Gasteiger partial charge in [0.1, 0.15) is 5.69 Å². The van der Waals surface area contributed by atoms with Crippen molar-refractivity contribution in [2.24, 2.45) is 5.73 Å². The summed E-state index contributed by atoms with van der Waals surface area (Å²) in [6, 6.07) is 3.75. The average Bonchev–Trinajstić information content (AvgIpc) is 2.77. The van der Waals surface area contributed by atoms with Gasteiger partial charge in [0.25, 0.3) is 0 Å². The number of pyridine rings is 1. The summed E-state index contributed by atoms with van der Waals surface area (Å²) in [5, 5.41) is 6.61. The van der Waals surface area contributed by atoms with Crippen molar-refractivity contribution < 1.29 is 9.32 Å². The quantitative estimate of drug-likeness (QED) is 0.771. The number of nitrogens with one attached hydrogen (secondary N) is 1. The Kier molecular flexibility index (Phi) is 3.63. The van der Waals surface area contributed by atoms with Gasteiger partial charge in [0, 0.05) is 6.20 Å². The van der Waals surface area contributed by atoms with Crippen molar-refractivity contribution >= 4 is 5.91 Å². The molecule has 0 unspecified atom stereocenters. The highest BCUT2D eigenvalue weighted by Crippen LogP contribution is 2.13. The van der Waals surface area contributed by atoms with E-state index in [-0.39, 0.29) is 6.54 Å². The average molecular weight is 247 g/mol. The molecule has 0 aliphatic heterocycles. The largest absolute Gasteiger partial charge is 0.369 e. The molecular weight excluding hydrogens is 234 g/mol. The van der Waals surface area contributed by atoms with Crippen LogP contribution >= 0.6 is 0 Å². The minimum Gasteiger partial charge on any atom is -0.369 e. The Balaban J connectivity index is 2.04. The van der Waals surface area contributed by atoms with Crippen LogP contribution in [0.25, 0.3) is 11.5 Å². The van der Waals surface area contributed by atoms with Crippen LogP contribution < -0.4 is 11.1 Å². The zero-order valence-corrected chi connectivity index (χ0v) is 9.88. The van der Waals surface area contributed by atoms with E-state index in [9.17, 15) is 4.79 Å². The zero-order chi connectivity index (χ0) is 13.0. The number of hydrogen-bond acceptors (Lipinski definition) is 6. The Morgan fingerprint density at radius 3 is 3.11 bits per heavy atom. The number of nitrogens with two attached hydrogens (primary N) is 1. The van der Waals surface area contributed by atoms with Crippen LogP contribution in [0, 0.1) is 6.92 Å². The number of rotatable bonds is 5. The van der Waals surface area contributed by atoms with Crippen LogP contribution in [-0.4, -0.2) is 27.6 Å². The Morgan fingerprint density at radius 2 is 2.39 bits per heavy atom. The van der Waals surface area contributed by atoms with Gasteiger partial charge < -0.3 is 10.3 Å². The molecule has 0 bridgehead atoms. The van der Waals surface area contributed by atoms with E-state index in [0.717, 1.165) is 5.56 Å². The number of aryl methyl sites for hydroxylation is 1. The van der Waals surface area contributed by atoms with E-state index in [0.29, 0.717) is 24.0 Å². The van der Waals surface area contributed by atoms with Gasteiger partial charge in [0.2, 0.25) is 17.6 Å². The highest BCUT2D eigenvalue weighted by molar-refractivity contribution is 5.75. The van der Waals surface area contributed by atoms with E-state index in [1.54, 1.807) is 6.20 Å². The maximum absolute atomic E-state index is 10.5. The normalized spacial score (nSPS) is 10.5. The molecule has 0 atom stereocenters. The third-order valence-electron chi connectivity index (χ3n) is 2.19. The van der Waals surface area contributed by atoms with E-state index >= 15 is 0 Å². The molecular formula is C11H13N5O2. The van der Waals surface area contributed by atoms with Crippen LogP contribution in [0.4, 0.5) is 0 Å². The maximum Gasteiger partial charge on any atom is 0.240 e. The van der Waals surface area contributed by atoms with E-state index in [4.69, 9.17) is 10.3 Å². The van der Waals surface area contributed by atoms with Gasteiger partial charge in [0.05, 0.1) is 13.1 Å². The van der Waals surface area contributed by atoms with Crippen LogP contribution in [0.3, 0.4) is 0 Å². The molecule has 2 aromatic heterocycles. The third kappa shape index (κ3) is 3.11. The molecule has 1 amide bonds. The second-order valence-electron chi connectivity index (χ2n) is 3.80. The first kappa shape index (κ1) is 12.2. The minimum absolute atomic E-state index is 0.0698. The molecule has 0 saturated heterocycles. The van der Waals surface area contributed by atoms with Gasteiger partial charge in [-0.1, -0.05) is 5.16 Å². The van der Waals surface area contributed by atoms with E-state index in [1.807, 2.05) is 19.1 Å². The van der Waals surface area contributed by atoms with Gasteiger partial charge in [0.15, 0.2) is 0 Å². The molecule has 0 radical (unpaired) electrons.